The molecule has 150 valence electrons. The molecule has 30 heavy (non-hydrogen) atoms. The highest BCUT2D eigenvalue weighted by molar-refractivity contribution is 6.30. The van der Waals surface area contributed by atoms with E-state index in [9.17, 15) is 14.0 Å². The molecule has 2 heterocycles. The minimum atomic E-state index is -0.530. The first-order chi connectivity index (χ1) is 14.5. The molecule has 0 aliphatic heterocycles. The zero-order chi connectivity index (χ0) is 21.1. The summed E-state index contributed by atoms with van der Waals surface area (Å²) in [5, 5.41) is 3.97. The number of pyridine rings is 2. The molecule has 2 aromatic carbocycles. The van der Waals surface area contributed by atoms with Crippen LogP contribution in [0.3, 0.4) is 0 Å². The quantitative estimate of drug-likeness (QED) is 0.526. The second-order valence-electron chi connectivity index (χ2n) is 6.77. The molecule has 0 saturated heterocycles. The largest absolute Gasteiger partial charge is 0.348 e. The number of rotatable bonds is 5. The number of hydrogen-bond donors (Lipinski definition) is 1. The van der Waals surface area contributed by atoms with Gasteiger partial charge in [-0.05, 0) is 42.0 Å². The van der Waals surface area contributed by atoms with Gasteiger partial charge >= 0.3 is 0 Å². The number of carbonyl (C=O) groups excluding carboxylic acids is 1. The van der Waals surface area contributed by atoms with Gasteiger partial charge in [0.1, 0.15) is 17.0 Å². The lowest BCUT2D eigenvalue weighted by molar-refractivity contribution is 0.0949. The molecule has 0 aliphatic carbocycles. The summed E-state index contributed by atoms with van der Waals surface area (Å²) in [4.78, 5) is 30.2. The Morgan fingerprint density at radius 2 is 1.83 bits per heavy atom. The number of carbonyl (C=O) groups is 1. The van der Waals surface area contributed by atoms with Gasteiger partial charge in [-0.15, -0.1) is 0 Å². The summed E-state index contributed by atoms with van der Waals surface area (Å²) in [6.07, 6.45) is 1.56. The first kappa shape index (κ1) is 19.8. The fourth-order valence-corrected chi connectivity index (χ4v) is 3.32. The third kappa shape index (κ3) is 4.09. The van der Waals surface area contributed by atoms with Crippen molar-refractivity contribution >= 4 is 28.5 Å². The van der Waals surface area contributed by atoms with E-state index >= 15 is 0 Å². The zero-order valence-corrected chi connectivity index (χ0v) is 16.6. The Morgan fingerprint density at radius 3 is 2.60 bits per heavy atom. The SMILES string of the molecule is O=C(NCc1ccc(Cl)cc1)c1cc2cccnc2n(Cc2ccccc2F)c1=O. The van der Waals surface area contributed by atoms with Crippen LogP contribution in [0.25, 0.3) is 11.0 Å². The molecule has 4 aromatic rings. The molecule has 0 radical (unpaired) electrons. The van der Waals surface area contributed by atoms with Crippen LogP contribution in [-0.2, 0) is 13.1 Å². The van der Waals surface area contributed by atoms with E-state index in [1.807, 2.05) is 0 Å². The minimum Gasteiger partial charge on any atom is -0.348 e. The van der Waals surface area contributed by atoms with Crippen LogP contribution in [-0.4, -0.2) is 15.5 Å². The van der Waals surface area contributed by atoms with E-state index in [-0.39, 0.29) is 18.7 Å². The summed E-state index contributed by atoms with van der Waals surface area (Å²) in [7, 11) is 0. The number of benzene rings is 2. The highest BCUT2D eigenvalue weighted by Gasteiger charge is 2.17. The minimum absolute atomic E-state index is 0.0270. The second-order valence-corrected chi connectivity index (χ2v) is 7.20. The van der Waals surface area contributed by atoms with Gasteiger partial charge in [-0.3, -0.25) is 14.2 Å². The van der Waals surface area contributed by atoms with Crippen LogP contribution in [0.15, 0.2) is 77.7 Å². The molecule has 0 fully saturated rings. The maximum Gasteiger partial charge on any atom is 0.265 e. The van der Waals surface area contributed by atoms with E-state index in [2.05, 4.69) is 10.3 Å². The molecule has 0 bridgehead atoms. The van der Waals surface area contributed by atoms with Gasteiger partial charge in [-0.2, -0.15) is 0 Å². The van der Waals surface area contributed by atoms with E-state index in [0.29, 0.717) is 21.6 Å². The van der Waals surface area contributed by atoms with Crippen LogP contribution in [0.2, 0.25) is 5.02 Å². The highest BCUT2D eigenvalue weighted by atomic mass is 35.5. The molecule has 2 aromatic heterocycles. The maximum absolute atomic E-state index is 14.2. The smallest absolute Gasteiger partial charge is 0.265 e. The van der Waals surface area contributed by atoms with Gasteiger partial charge in [0.15, 0.2) is 0 Å². The predicted octanol–water partition coefficient (Wildman–Crippen LogP) is 4.17. The molecule has 0 aliphatic rings. The van der Waals surface area contributed by atoms with Crippen molar-refractivity contribution < 1.29 is 9.18 Å². The Morgan fingerprint density at radius 1 is 1.07 bits per heavy atom. The van der Waals surface area contributed by atoms with Gasteiger partial charge in [0.2, 0.25) is 0 Å². The Hall–Kier alpha value is -3.51. The van der Waals surface area contributed by atoms with Gasteiger partial charge in [0.05, 0.1) is 6.54 Å². The first-order valence-electron chi connectivity index (χ1n) is 9.27. The maximum atomic E-state index is 14.2. The van der Waals surface area contributed by atoms with E-state index < -0.39 is 17.3 Å². The van der Waals surface area contributed by atoms with Crippen molar-refractivity contribution in [3.8, 4) is 0 Å². The molecule has 4 rings (SSSR count). The standard InChI is InChI=1S/C23H17ClFN3O2/c24-18-9-7-15(8-10-18)13-27-22(29)19-12-16-5-3-11-26-21(16)28(23(19)30)14-17-4-1-2-6-20(17)25/h1-12H,13-14H2,(H,27,29). The monoisotopic (exact) mass is 421 g/mol. The van der Waals surface area contributed by atoms with Crippen molar-refractivity contribution in [2.75, 3.05) is 0 Å². The molecule has 0 unspecified atom stereocenters. The van der Waals surface area contributed by atoms with Crippen molar-refractivity contribution in [2.45, 2.75) is 13.1 Å². The first-order valence-corrected chi connectivity index (χ1v) is 9.65. The number of amides is 1. The Balaban J connectivity index is 1.70. The normalized spacial score (nSPS) is 10.9. The van der Waals surface area contributed by atoms with Crippen LogP contribution in [0.1, 0.15) is 21.5 Å². The second kappa shape index (κ2) is 8.47. The van der Waals surface area contributed by atoms with Gasteiger partial charge in [-0.25, -0.2) is 9.37 Å². The molecule has 1 N–H and O–H groups in total. The topological polar surface area (TPSA) is 64.0 Å². The molecule has 5 nitrogen and oxygen atoms in total. The lowest BCUT2D eigenvalue weighted by Gasteiger charge is -2.13. The van der Waals surface area contributed by atoms with Crippen molar-refractivity contribution in [3.05, 3.63) is 111 Å². The Bertz CT molecular complexity index is 1290. The van der Waals surface area contributed by atoms with E-state index in [4.69, 9.17) is 11.6 Å². The Labute approximate surface area is 176 Å². The Kier molecular flexibility index (Phi) is 5.59. The van der Waals surface area contributed by atoms with Crippen molar-refractivity contribution in [1.82, 2.24) is 14.9 Å². The number of fused-ring (bicyclic) bond motifs is 1. The molecular weight excluding hydrogens is 405 g/mol. The summed E-state index contributed by atoms with van der Waals surface area (Å²) in [5.74, 6) is -0.936. The van der Waals surface area contributed by atoms with E-state index in [0.717, 1.165) is 5.56 Å². The molecule has 1 amide bonds. The van der Waals surface area contributed by atoms with Crippen LogP contribution in [0, 0.1) is 5.82 Å². The highest BCUT2D eigenvalue weighted by Crippen LogP contribution is 2.15. The molecule has 7 heteroatoms. The van der Waals surface area contributed by atoms with Crippen molar-refractivity contribution in [2.24, 2.45) is 0 Å². The van der Waals surface area contributed by atoms with Crippen LogP contribution in [0.4, 0.5) is 4.39 Å². The van der Waals surface area contributed by atoms with E-state index in [1.165, 1.54) is 16.7 Å². The fourth-order valence-electron chi connectivity index (χ4n) is 3.19. The summed E-state index contributed by atoms with van der Waals surface area (Å²) >= 11 is 5.88. The lowest BCUT2D eigenvalue weighted by atomic mass is 10.1. The molecule has 0 saturated carbocycles. The van der Waals surface area contributed by atoms with Crippen LogP contribution >= 0.6 is 11.6 Å². The van der Waals surface area contributed by atoms with Crippen LogP contribution in [0.5, 0.6) is 0 Å². The zero-order valence-electron chi connectivity index (χ0n) is 15.8. The third-order valence-corrected chi connectivity index (χ3v) is 5.00. The predicted molar refractivity (Wildman–Crippen MR) is 114 cm³/mol. The third-order valence-electron chi connectivity index (χ3n) is 4.75. The van der Waals surface area contributed by atoms with Gasteiger partial charge < -0.3 is 5.32 Å². The van der Waals surface area contributed by atoms with Gasteiger partial charge in [0.25, 0.3) is 11.5 Å². The van der Waals surface area contributed by atoms with Gasteiger partial charge in [-0.1, -0.05) is 41.9 Å². The summed E-state index contributed by atoms with van der Waals surface area (Å²) in [5.41, 5.74) is 1.02. The van der Waals surface area contributed by atoms with Gasteiger partial charge in [0, 0.05) is 28.7 Å². The lowest BCUT2D eigenvalue weighted by Crippen LogP contribution is -2.33. The van der Waals surface area contributed by atoms with Crippen molar-refractivity contribution in [3.63, 3.8) is 0 Å². The summed E-state index contributed by atoms with van der Waals surface area (Å²) < 4.78 is 15.5. The molecular formula is C23H17ClFN3O2. The number of nitrogens with zero attached hydrogens (tertiary/aromatic N) is 2. The number of nitrogens with one attached hydrogen (secondary N) is 1. The number of halogens is 2. The molecule has 0 spiro atoms. The molecule has 0 atom stereocenters. The summed E-state index contributed by atoms with van der Waals surface area (Å²) in [6.45, 7) is 0.213. The average molecular weight is 422 g/mol. The summed E-state index contributed by atoms with van der Waals surface area (Å²) in [6, 6.07) is 18.2. The van der Waals surface area contributed by atoms with Crippen LogP contribution < -0.4 is 10.9 Å². The number of hydrogen-bond acceptors (Lipinski definition) is 3. The number of aromatic nitrogens is 2. The van der Waals surface area contributed by atoms with Crippen molar-refractivity contribution in [1.29, 1.82) is 0 Å². The van der Waals surface area contributed by atoms with E-state index in [1.54, 1.807) is 60.8 Å². The average Bonchev–Trinajstić information content (AvgIpc) is 2.76. The fraction of sp³-hybridized carbons (Fsp3) is 0.0870.